The lowest BCUT2D eigenvalue weighted by atomic mass is 9.79. The van der Waals surface area contributed by atoms with Gasteiger partial charge in [0.1, 0.15) is 6.61 Å². The highest BCUT2D eigenvalue weighted by atomic mass is 16.6. The number of likely N-dealkylation sites (N-methyl/N-ethyl adjacent to an activating group) is 1. The van der Waals surface area contributed by atoms with Crippen molar-refractivity contribution in [1.82, 2.24) is 19.8 Å². The number of nitrogens with zero attached hydrogens (tertiary/aromatic N) is 3. The molecule has 142 valence electrons. The fraction of sp³-hybridized carbons (Fsp3) is 0.500. The number of aromatic nitrogens is 2. The molecule has 3 aliphatic rings. The van der Waals surface area contributed by atoms with Gasteiger partial charge in [-0.2, -0.15) is 0 Å². The number of carbonyl (C=O) groups is 1. The van der Waals surface area contributed by atoms with Crippen LogP contribution in [0, 0.1) is 0 Å². The Labute approximate surface area is 158 Å². The first-order chi connectivity index (χ1) is 13.2. The molecule has 5 rings (SSSR count). The molecule has 1 spiro atoms. The van der Waals surface area contributed by atoms with Gasteiger partial charge < -0.3 is 19.4 Å². The summed E-state index contributed by atoms with van der Waals surface area (Å²) in [6.45, 7) is 2.69. The van der Waals surface area contributed by atoms with E-state index in [1.54, 1.807) is 6.33 Å². The van der Waals surface area contributed by atoms with Gasteiger partial charge in [0.15, 0.2) is 11.5 Å². The highest BCUT2D eigenvalue weighted by Crippen LogP contribution is 2.41. The number of hydrogen-bond donors (Lipinski definition) is 1. The molecule has 1 N–H and O–H groups in total. The van der Waals surface area contributed by atoms with Crippen molar-refractivity contribution in [1.29, 1.82) is 0 Å². The number of H-pyrrole nitrogens is 1. The average Bonchev–Trinajstić information content (AvgIpc) is 3.20. The van der Waals surface area contributed by atoms with Gasteiger partial charge in [-0.15, -0.1) is 0 Å². The lowest BCUT2D eigenvalue weighted by molar-refractivity contribution is -0.144. The highest BCUT2D eigenvalue weighted by molar-refractivity contribution is 5.82. The summed E-state index contributed by atoms with van der Waals surface area (Å²) in [5.74, 6) is 1.36. The summed E-state index contributed by atoms with van der Waals surface area (Å²) in [4.78, 5) is 25.2. The molecule has 27 heavy (non-hydrogen) atoms. The third-order valence-corrected chi connectivity index (χ3v) is 6.27. The van der Waals surface area contributed by atoms with Crippen molar-refractivity contribution in [3.63, 3.8) is 0 Å². The molecule has 1 amide bonds. The number of benzene rings is 1. The molecule has 0 unspecified atom stereocenters. The Hall–Kier alpha value is -2.54. The summed E-state index contributed by atoms with van der Waals surface area (Å²) in [6.07, 6.45) is 4.00. The van der Waals surface area contributed by atoms with Gasteiger partial charge in [0, 0.05) is 31.7 Å². The van der Waals surface area contributed by atoms with Crippen LogP contribution in [0.25, 0.3) is 0 Å². The molecule has 1 atom stereocenters. The summed E-state index contributed by atoms with van der Waals surface area (Å²) < 4.78 is 11.6. The Morgan fingerprint density at radius 2 is 2.00 bits per heavy atom. The van der Waals surface area contributed by atoms with Gasteiger partial charge in [-0.25, -0.2) is 4.98 Å². The van der Waals surface area contributed by atoms with Crippen molar-refractivity contribution in [2.45, 2.75) is 30.9 Å². The van der Waals surface area contributed by atoms with Crippen LogP contribution in [0.3, 0.4) is 0 Å². The molecule has 7 nitrogen and oxygen atoms in total. The van der Waals surface area contributed by atoms with Crippen LogP contribution in [-0.4, -0.2) is 65.1 Å². The third-order valence-electron chi connectivity index (χ3n) is 6.27. The minimum absolute atomic E-state index is 0.0140. The van der Waals surface area contributed by atoms with E-state index in [4.69, 9.17) is 9.47 Å². The van der Waals surface area contributed by atoms with E-state index in [-0.39, 0.29) is 18.1 Å². The Morgan fingerprint density at radius 3 is 2.81 bits per heavy atom. The molecule has 4 heterocycles. The van der Waals surface area contributed by atoms with E-state index in [0.29, 0.717) is 24.6 Å². The third kappa shape index (κ3) is 2.60. The van der Waals surface area contributed by atoms with E-state index in [9.17, 15) is 4.79 Å². The number of para-hydroxylation sites is 2. The van der Waals surface area contributed by atoms with Crippen LogP contribution in [0.1, 0.15) is 24.2 Å². The Morgan fingerprint density at radius 1 is 1.22 bits per heavy atom. The molecule has 0 saturated carbocycles. The lowest BCUT2D eigenvalue weighted by Gasteiger charge is -2.49. The molecule has 2 aromatic rings. The number of nitrogens with one attached hydrogen (secondary N) is 1. The Kier molecular flexibility index (Phi) is 3.86. The van der Waals surface area contributed by atoms with Gasteiger partial charge in [0.2, 0.25) is 6.10 Å². The van der Waals surface area contributed by atoms with Crippen molar-refractivity contribution in [3.05, 3.63) is 42.0 Å². The number of hydrogen-bond acceptors (Lipinski definition) is 5. The number of fused-ring (bicyclic) bond motifs is 3. The molecule has 1 fully saturated rings. The van der Waals surface area contributed by atoms with E-state index >= 15 is 0 Å². The van der Waals surface area contributed by atoms with Crippen LogP contribution >= 0.6 is 0 Å². The first kappa shape index (κ1) is 16.6. The summed E-state index contributed by atoms with van der Waals surface area (Å²) in [5.41, 5.74) is 2.34. The minimum atomic E-state index is -0.570. The van der Waals surface area contributed by atoms with Crippen LogP contribution in [-0.2, 0) is 16.8 Å². The van der Waals surface area contributed by atoms with Crippen molar-refractivity contribution in [3.8, 4) is 11.5 Å². The fourth-order valence-electron chi connectivity index (χ4n) is 4.65. The van der Waals surface area contributed by atoms with Gasteiger partial charge >= 0.3 is 0 Å². The molecular formula is C20H24N4O3. The predicted molar refractivity (Wildman–Crippen MR) is 98.8 cm³/mol. The fourth-order valence-corrected chi connectivity index (χ4v) is 4.65. The summed E-state index contributed by atoms with van der Waals surface area (Å²) in [7, 11) is 2.17. The predicted octanol–water partition coefficient (Wildman–Crippen LogP) is 1.56. The number of carbonyl (C=O) groups excluding carboxylic acids is 1. The normalized spacial score (nSPS) is 23.9. The number of ether oxygens (including phenoxy) is 2. The van der Waals surface area contributed by atoms with Crippen LogP contribution in [0.5, 0.6) is 11.5 Å². The molecule has 0 bridgehead atoms. The maximum absolute atomic E-state index is 13.0. The lowest BCUT2D eigenvalue weighted by Crippen LogP contribution is -2.57. The number of piperidine rings is 1. The topological polar surface area (TPSA) is 70.7 Å². The summed E-state index contributed by atoms with van der Waals surface area (Å²) >= 11 is 0. The van der Waals surface area contributed by atoms with Gasteiger partial charge in [-0.1, -0.05) is 12.1 Å². The standard InChI is InChI=1S/C20H24N4O3/c1-23-9-6-14-18(22-13-21-14)20(23)7-10-24(11-8-20)19(25)17-12-26-15-4-2-3-5-16(15)27-17/h2-5,13,17H,6-12H2,1H3,(H,21,22)/t17-/m1/s1. The zero-order chi connectivity index (χ0) is 18.4. The van der Waals surface area contributed by atoms with Gasteiger partial charge in [-0.3, -0.25) is 9.69 Å². The zero-order valence-corrected chi connectivity index (χ0v) is 15.5. The second-order valence-corrected chi connectivity index (χ2v) is 7.62. The van der Waals surface area contributed by atoms with Gasteiger partial charge in [0.25, 0.3) is 5.91 Å². The van der Waals surface area contributed by atoms with Crippen LogP contribution < -0.4 is 9.47 Å². The SMILES string of the molecule is CN1CCc2[nH]cnc2C12CCN(C(=O)[C@H]1COc3ccccc3O1)CC2. The maximum atomic E-state index is 13.0. The number of rotatable bonds is 1. The molecule has 1 aromatic heterocycles. The molecular weight excluding hydrogens is 344 g/mol. The quantitative estimate of drug-likeness (QED) is 0.827. The Balaban J connectivity index is 1.30. The van der Waals surface area contributed by atoms with E-state index in [1.807, 2.05) is 29.2 Å². The first-order valence-electron chi connectivity index (χ1n) is 9.59. The summed E-state index contributed by atoms with van der Waals surface area (Å²) in [5, 5.41) is 0. The molecule has 0 aliphatic carbocycles. The molecule has 1 saturated heterocycles. The molecule has 3 aliphatic heterocycles. The van der Waals surface area contributed by atoms with Crippen LogP contribution in [0.15, 0.2) is 30.6 Å². The number of amides is 1. The maximum Gasteiger partial charge on any atom is 0.267 e. The minimum Gasteiger partial charge on any atom is -0.485 e. The van der Waals surface area contributed by atoms with Crippen LogP contribution in [0.4, 0.5) is 0 Å². The van der Waals surface area contributed by atoms with Crippen molar-refractivity contribution >= 4 is 5.91 Å². The smallest absolute Gasteiger partial charge is 0.267 e. The Bertz CT molecular complexity index is 856. The number of likely N-dealkylation sites (tertiary alicyclic amines) is 1. The second kappa shape index (κ2) is 6.27. The van der Waals surface area contributed by atoms with Crippen molar-refractivity contribution in [2.24, 2.45) is 0 Å². The summed E-state index contributed by atoms with van der Waals surface area (Å²) in [6, 6.07) is 7.50. The molecule has 1 aromatic carbocycles. The van der Waals surface area contributed by atoms with Gasteiger partial charge in [-0.05, 0) is 32.0 Å². The van der Waals surface area contributed by atoms with Gasteiger partial charge in [0.05, 0.1) is 17.6 Å². The number of imidazole rings is 1. The molecule has 7 heteroatoms. The highest BCUT2D eigenvalue weighted by Gasteiger charge is 2.46. The largest absolute Gasteiger partial charge is 0.485 e. The second-order valence-electron chi connectivity index (χ2n) is 7.62. The van der Waals surface area contributed by atoms with Crippen molar-refractivity contribution < 1.29 is 14.3 Å². The number of aromatic amines is 1. The average molecular weight is 368 g/mol. The van der Waals surface area contributed by atoms with E-state index in [1.165, 1.54) is 5.69 Å². The monoisotopic (exact) mass is 368 g/mol. The first-order valence-corrected chi connectivity index (χ1v) is 9.59. The van der Waals surface area contributed by atoms with E-state index < -0.39 is 6.10 Å². The van der Waals surface area contributed by atoms with E-state index in [0.717, 1.165) is 31.5 Å². The van der Waals surface area contributed by atoms with Crippen LogP contribution in [0.2, 0.25) is 0 Å². The molecule has 0 radical (unpaired) electrons. The zero-order valence-electron chi connectivity index (χ0n) is 15.5. The van der Waals surface area contributed by atoms with Crippen molar-refractivity contribution in [2.75, 3.05) is 33.3 Å². The van der Waals surface area contributed by atoms with E-state index in [2.05, 4.69) is 21.9 Å².